The molecule has 0 aliphatic carbocycles. The minimum absolute atomic E-state index is 0. The van der Waals surface area contributed by atoms with Gasteiger partial charge in [-0.05, 0) is 25.5 Å². The zero-order valence-electron chi connectivity index (χ0n) is 16.1. The van der Waals surface area contributed by atoms with Crippen molar-refractivity contribution in [3.05, 3.63) is 21.9 Å². The van der Waals surface area contributed by atoms with Crippen molar-refractivity contribution < 1.29 is 4.79 Å². The van der Waals surface area contributed by atoms with Gasteiger partial charge in [-0.1, -0.05) is 6.92 Å². The van der Waals surface area contributed by atoms with Gasteiger partial charge < -0.3 is 15.5 Å². The summed E-state index contributed by atoms with van der Waals surface area (Å²) in [6.45, 7) is 12.9. The van der Waals surface area contributed by atoms with Crippen LogP contribution >= 0.6 is 35.3 Å². The number of aryl methyl sites for hydroxylation is 1. The van der Waals surface area contributed by atoms with E-state index in [1.165, 1.54) is 9.75 Å². The van der Waals surface area contributed by atoms with E-state index in [1.807, 2.05) is 16.2 Å². The highest BCUT2D eigenvalue weighted by atomic mass is 127. The number of halogens is 1. The molecule has 1 amide bonds. The van der Waals surface area contributed by atoms with E-state index in [2.05, 4.69) is 46.5 Å². The summed E-state index contributed by atoms with van der Waals surface area (Å²) in [7, 11) is 0. The van der Waals surface area contributed by atoms with E-state index in [0.717, 1.165) is 64.7 Å². The summed E-state index contributed by atoms with van der Waals surface area (Å²) < 4.78 is 0. The van der Waals surface area contributed by atoms with Gasteiger partial charge in [-0.25, -0.2) is 4.99 Å². The van der Waals surface area contributed by atoms with Crippen molar-refractivity contribution in [2.24, 2.45) is 4.99 Å². The molecule has 1 aromatic rings. The molecule has 6 nitrogen and oxygen atoms in total. The lowest BCUT2D eigenvalue weighted by Crippen LogP contribution is -2.50. The second-order valence-electron chi connectivity index (χ2n) is 6.19. The lowest BCUT2D eigenvalue weighted by Gasteiger charge is -2.34. The number of rotatable bonds is 7. The first-order valence-electron chi connectivity index (χ1n) is 9.20. The van der Waals surface area contributed by atoms with Crippen molar-refractivity contribution in [2.45, 2.75) is 33.7 Å². The Morgan fingerprint density at radius 3 is 2.42 bits per heavy atom. The van der Waals surface area contributed by atoms with Crippen LogP contribution in [0, 0.1) is 0 Å². The van der Waals surface area contributed by atoms with E-state index in [1.54, 1.807) is 6.92 Å². The summed E-state index contributed by atoms with van der Waals surface area (Å²) in [5.74, 6) is 1.05. The number of guanidine groups is 1. The smallest absolute Gasteiger partial charge is 0.219 e. The Labute approximate surface area is 178 Å². The van der Waals surface area contributed by atoms with Crippen molar-refractivity contribution in [3.8, 4) is 0 Å². The molecule has 26 heavy (non-hydrogen) atoms. The molecule has 0 spiro atoms. The van der Waals surface area contributed by atoms with E-state index < -0.39 is 0 Å². The van der Waals surface area contributed by atoms with Crippen LogP contribution < -0.4 is 10.6 Å². The average molecular weight is 493 g/mol. The highest BCUT2D eigenvalue weighted by Gasteiger charge is 2.17. The second kappa shape index (κ2) is 12.5. The number of piperazine rings is 1. The number of carbonyl (C=O) groups excluding carboxylic acids is 1. The SMILES string of the molecule is CCNC(=NCc1ccc(CC)s1)NCCN1CCN(C(C)=O)CC1.I. The van der Waals surface area contributed by atoms with Crippen molar-refractivity contribution >= 4 is 47.2 Å². The first-order valence-corrected chi connectivity index (χ1v) is 10.0. The van der Waals surface area contributed by atoms with Crippen LogP contribution in [0.25, 0.3) is 0 Å². The molecule has 2 N–H and O–H groups in total. The lowest BCUT2D eigenvalue weighted by molar-refractivity contribution is -0.130. The monoisotopic (exact) mass is 493 g/mol. The van der Waals surface area contributed by atoms with Crippen molar-refractivity contribution in [1.82, 2.24) is 20.4 Å². The maximum Gasteiger partial charge on any atom is 0.219 e. The zero-order valence-corrected chi connectivity index (χ0v) is 19.2. The maximum atomic E-state index is 11.4. The van der Waals surface area contributed by atoms with Gasteiger partial charge in [0.1, 0.15) is 0 Å². The van der Waals surface area contributed by atoms with Crippen LogP contribution in [0.1, 0.15) is 30.5 Å². The molecule has 8 heteroatoms. The van der Waals surface area contributed by atoms with E-state index >= 15 is 0 Å². The van der Waals surface area contributed by atoms with Crippen LogP contribution in [-0.4, -0.2) is 67.5 Å². The molecule has 2 heterocycles. The van der Waals surface area contributed by atoms with Crippen LogP contribution in [0.3, 0.4) is 0 Å². The Hall–Kier alpha value is -0.870. The first-order chi connectivity index (χ1) is 12.1. The zero-order chi connectivity index (χ0) is 18.1. The number of aliphatic imine (C=N–C) groups is 1. The van der Waals surface area contributed by atoms with Gasteiger partial charge in [0, 0.05) is 62.5 Å². The standard InChI is InChI=1S/C18H31N5OS.HI/c1-4-16-6-7-17(25-16)14-21-18(19-5-2)20-8-9-22-10-12-23(13-11-22)15(3)24;/h6-7H,4-5,8-14H2,1-3H3,(H2,19,20,21);1H. The number of hydrogen-bond donors (Lipinski definition) is 2. The minimum Gasteiger partial charge on any atom is -0.357 e. The van der Waals surface area contributed by atoms with E-state index in [9.17, 15) is 4.79 Å². The molecule has 0 unspecified atom stereocenters. The van der Waals surface area contributed by atoms with Crippen molar-refractivity contribution in [2.75, 3.05) is 45.8 Å². The normalized spacial score (nSPS) is 15.5. The summed E-state index contributed by atoms with van der Waals surface area (Å²) in [4.78, 5) is 23.1. The Morgan fingerprint density at radius 1 is 1.15 bits per heavy atom. The highest BCUT2D eigenvalue weighted by molar-refractivity contribution is 14.0. The molecule has 0 atom stereocenters. The predicted molar refractivity (Wildman–Crippen MR) is 121 cm³/mol. The average Bonchev–Trinajstić information content (AvgIpc) is 3.08. The third kappa shape index (κ3) is 7.79. The third-order valence-electron chi connectivity index (χ3n) is 4.34. The van der Waals surface area contributed by atoms with Crippen molar-refractivity contribution in [1.29, 1.82) is 0 Å². The Bertz CT molecular complexity index is 570. The van der Waals surface area contributed by atoms with Gasteiger partial charge in [0.15, 0.2) is 5.96 Å². The quantitative estimate of drug-likeness (QED) is 0.347. The molecule has 2 rings (SSSR count). The maximum absolute atomic E-state index is 11.4. The molecule has 0 aromatic carbocycles. The summed E-state index contributed by atoms with van der Waals surface area (Å²) in [5.41, 5.74) is 0. The van der Waals surface area contributed by atoms with E-state index in [4.69, 9.17) is 0 Å². The topological polar surface area (TPSA) is 60.0 Å². The molecule has 1 aliphatic rings. The molecule has 1 fully saturated rings. The fourth-order valence-corrected chi connectivity index (χ4v) is 3.70. The number of carbonyl (C=O) groups is 1. The predicted octanol–water partition coefficient (Wildman–Crippen LogP) is 2.15. The van der Waals surface area contributed by atoms with Crippen LogP contribution in [0.15, 0.2) is 17.1 Å². The summed E-state index contributed by atoms with van der Waals surface area (Å²) in [5, 5.41) is 6.72. The Balaban J connectivity index is 0.00000338. The molecule has 1 saturated heterocycles. The van der Waals surface area contributed by atoms with Crippen LogP contribution in [0.5, 0.6) is 0 Å². The Kier molecular flexibility index (Phi) is 11.1. The molecule has 0 saturated carbocycles. The second-order valence-corrected chi connectivity index (χ2v) is 7.44. The highest BCUT2D eigenvalue weighted by Crippen LogP contribution is 2.17. The van der Waals surface area contributed by atoms with Gasteiger partial charge in [0.2, 0.25) is 5.91 Å². The van der Waals surface area contributed by atoms with Gasteiger partial charge in [-0.3, -0.25) is 9.69 Å². The molecule has 1 aromatic heterocycles. The summed E-state index contributed by atoms with van der Waals surface area (Å²) in [6.07, 6.45) is 1.09. The molecule has 0 bridgehead atoms. The molecular formula is C18H32IN5OS. The number of nitrogens with one attached hydrogen (secondary N) is 2. The first kappa shape index (κ1) is 23.2. The van der Waals surface area contributed by atoms with Crippen molar-refractivity contribution in [3.63, 3.8) is 0 Å². The molecule has 0 radical (unpaired) electrons. The van der Waals surface area contributed by atoms with Gasteiger partial charge in [0.25, 0.3) is 0 Å². The molecule has 1 aliphatic heterocycles. The number of nitrogens with zero attached hydrogens (tertiary/aromatic N) is 3. The van der Waals surface area contributed by atoms with Gasteiger partial charge >= 0.3 is 0 Å². The lowest BCUT2D eigenvalue weighted by atomic mass is 10.3. The van der Waals surface area contributed by atoms with Crippen LogP contribution in [0.2, 0.25) is 0 Å². The fraction of sp³-hybridized carbons (Fsp3) is 0.667. The van der Waals surface area contributed by atoms with E-state index in [-0.39, 0.29) is 29.9 Å². The van der Waals surface area contributed by atoms with Crippen LogP contribution in [-0.2, 0) is 17.8 Å². The van der Waals surface area contributed by atoms with Gasteiger partial charge in [-0.15, -0.1) is 35.3 Å². The fourth-order valence-electron chi connectivity index (χ4n) is 2.81. The van der Waals surface area contributed by atoms with Gasteiger partial charge in [0.05, 0.1) is 6.54 Å². The summed E-state index contributed by atoms with van der Waals surface area (Å²) >= 11 is 1.84. The number of amides is 1. The number of thiophene rings is 1. The largest absolute Gasteiger partial charge is 0.357 e. The summed E-state index contributed by atoms with van der Waals surface area (Å²) in [6, 6.07) is 4.36. The molecule has 148 valence electrons. The Morgan fingerprint density at radius 2 is 1.85 bits per heavy atom. The molecular weight excluding hydrogens is 461 g/mol. The van der Waals surface area contributed by atoms with Gasteiger partial charge in [-0.2, -0.15) is 0 Å². The van der Waals surface area contributed by atoms with E-state index in [0.29, 0.717) is 0 Å². The number of hydrogen-bond acceptors (Lipinski definition) is 4. The third-order valence-corrected chi connectivity index (χ3v) is 5.56. The minimum atomic E-state index is 0. The van der Waals surface area contributed by atoms with Crippen LogP contribution in [0.4, 0.5) is 0 Å².